The number of benzene rings is 1. The molecule has 1 fully saturated rings. The minimum absolute atomic E-state index is 0.758. The summed E-state index contributed by atoms with van der Waals surface area (Å²) >= 11 is 1.69. The number of piperazine rings is 1. The zero-order valence-corrected chi connectivity index (χ0v) is 19.0. The summed E-state index contributed by atoms with van der Waals surface area (Å²) < 4.78 is 0. The van der Waals surface area contributed by atoms with Crippen LogP contribution in [0.5, 0.6) is 0 Å². The van der Waals surface area contributed by atoms with Crippen LogP contribution in [0.15, 0.2) is 34.6 Å². The van der Waals surface area contributed by atoms with Gasteiger partial charge in [-0.05, 0) is 24.6 Å². The number of aryl methyl sites for hydroxylation is 1. The van der Waals surface area contributed by atoms with E-state index in [4.69, 9.17) is 0 Å². The molecule has 1 aromatic heterocycles. The Bertz CT molecular complexity index is 777. The third-order valence-corrected chi connectivity index (χ3v) is 6.25. The fraction of sp³-hybridized carbons (Fsp3) is 0.545. The molecule has 0 bridgehead atoms. The Morgan fingerprint density at radius 3 is 2.38 bits per heavy atom. The maximum Gasteiger partial charge on any atom is 0.194 e. The van der Waals surface area contributed by atoms with E-state index in [1.807, 2.05) is 21.0 Å². The van der Waals surface area contributed by atoms with E-state index in [1.165, 1.54) is 24.2 Å². The van der Waals surface area contributed by atoms with E-state index in [0.29, 0.717) is 0 Å². The fourth-order valence-electron chi connectivity index (χ4n) is 3.65. The molecule has 0 amide bonds. The molecule has 1 aliphatic rings. The first-order valence-corrected chi connectivity index (χ1v) is 11.3. The average molecular weight is 415 g/mol. The van der Waals surface area contributed by atoms with Crippen molar-refractivity contribution in [1.82, 2.24) is 25.0 Å². The summed E-state index contributed by atoms with van der Waals surface area (Å²) in [6, 6.07) is 8.96. The third kappa shape index (κ3) is 6.52. The van der Waals surface area contributed by atoms with Crippen LogP contribution in [0.2, 0.25) is 0 Å². The molecule has 0 spiro atoms. The van der Waals surface area contributed by atoms with Crippen molar-refractivity contribution < 1.29 is 0 Å². The molecule has 1 aliphatic heterocycles. The highest BCUT2D eigenvalue weighted by Crippen LogP contribution is 2.12. The Kier molecular flexibility index (Phi) is 8.03. The highest BCUT2D eigenvalue weighted by Gasteiger charge is 2.15. The normalized spacial score (nSPS) is 16.2. The highest BCUT2D eigenvalue weighted by atomic mass is 32.1. The Labute approximate surface area is 179 Å². The number of hydrogen-bond acceptors (Lipinski definition) is 5. The molecule has 0 atom stereocenters. The van der Waals surface area contributed by atoms with E-state index in [0.717, 1.165) is 55.9 Å². The topological polar surface area (TPSA) is 47.0 Å². The summed E-state index contributed by atoms with van der Waals surface area (Å²) in [7, 11) is 3.87. The largest absolute Gasteiger partial charge is 0.352 e. The van der Waals surface area contributed by atoms with Crippen molar-refractivity contribution in [3.8, 4) is 0 Å². The second-order valence-electron chi connectivity index (χ2n) is 7.64. The second-order valence-corrected chi connectivity index (χ2v) is 8.70. The van der Waals surface area contributed by atoms with E-state index in [9.17, 15) is 0 Å². The van der Waals surface area contributed by atoms with Gasteiger partial charge >= 0.3 is 0 Å². The number of likely N-dealkylation sites (N-methyl/N-ethyl adjacent to an activating group) is 1. The summed E-state index contributed by atoms with van der Waals surface area (Å²) in [6.07, 6.45) is 0. The zero-order valence-electron chi connectivity index (χ0n) is 18.2. The van der Waals surface area contributed by atoms with Crippen LogP contribution >= 0.6 is 11.3 Å². The van der Waals surface area contributed by atoms with E-state index in [-0.39, 0.29) is 0 Å². The molecule has 0 unspecified atom stereocenters. The lowest BCUT2D eigenvalue weighted by Crippen LogP contribution is -2.45. The molecule has 2 aromatic rings. The van der Waals surface area contributed by atoms with Gasteiger partial charge in [-0.25, -0.2) is 4.98 Å². The lowest BCUT2D eigenvalue weighted by Gasteiger charge is -2.34. The Hall–Kier alpha value is -1.96. The molecule has 0 aliphatic carbocycles. The quantitative estimate of drug-likeness (QED) is 0.558. The van der Waals surface area contributed by atoms with E-state index in [1.54, 1.807) is 11.3 Å². The molecule has 1 saturated heterocycles. The van der Waals surface area contributed by atoms with Crippen molar-refractivity contribution >= 4 is 17.3 Å². The number of aromatic nitrogens is 1. The fourth-order valence-corrected chi connectivity index (χ4v) is 4.25. The number of guanidine groups is 1. The van der Waals surface area contributed by atoms with Crippen LogP contribution in [-0.2, 0) is 19.6 Å². The molecule has 7 heteroatoms. The van der Waals surface area contributed by atoms with Gasteiger partial charge in [-0.1, -0.05) is 31.2 Å². The highest BCUT2D eigenvalue weighted by molar-refractivity contribution is 7.09. The van der Waals surface area contributed by atoms with Gasteiger partial charge < -0.3 is 15.1 Å². The molecule has 1 N–H and O–H groups in total. The molecular weight excluding hydrogens is 380 g/mol. The van der Waals surface area contributed by atoms with Crippen LogP contribution < -0.4 is 5.32 Å². The first-order valence-electron chi connectivity index (χ1n) is 10.4. The lowest BCUT2D eigenvalue weighted by molar-refractivity contribution is 0.132. The zero-order chi connectivity index (χ0) is 20.6. The predicted octanol–water partition coefficient (Wildman–Crippen LogP) is 2.80. The number of nitrogens with zero attached hydrogens (tertiary/aromatic N) is 5. The van der Waals surface area contributed by atoms with Gasteiger partial charge in [0.2, 0.25) is 0 Å². The standard InChI is InChI=1S/C22H34N6S/c1-5-27-10-12-28(13-11-27)15-20-8-6-19(7-9-20)14-24-22(23-3)26(4)16-21-17-29-18(2)25-21/h6-9,17H,5,10-16H2,1-4H3,(H,23,24). The maximum absolute atomic E-state index is 4.54. The van der Waals surface area contributed by atoms with Crippen LogP contribution in [-0.4, -0.2) is 72.5 Å². The smallest absolute Gasteiger partial charge is 0.194 e. The van der Waals surface area contributed by atoms with Crippen LogP contribution in [0.1, 0.15) is 28.8 Å². The first kappa shape index (κ1) is 21.7. The van der Waals surface area contributed by atoms with Crippen LogP contribution in [0, 0.1) is 6.92 Å². The summed E-state index contributed by atoms with van der Waals surface area (Å²) in [5.41, 5.74) is 3.74. The maximum atomic E-state index is 4.54. The van der Waals surface area contributed by atoms with Gasteiger partial charge in [0.1, 0.15) is 0 Å². The summed E-state index contributed by atoms with van der Waals surface area (Å²) in [5.74, 6) is 0.883. The number of hydrogen-bond donors (Lipinski definition) is 1. The van der Waals surface area contributed by atoms with Gasteiger partial charge in [-0.3, -0.25) is 9.89 Å². The average Bonchev–Trinajstić information content (AvgIpc) is 3.14. The number of aliphatic imine (C=N–C) groups is 1. The predicted molar refractivity (Wildman–Crippen MR) is 122 cm³/mol. The monoisotopic (exact) mass is 414 g/mol. The summed E-state index contributed by atoms with van der Waals surface area (Å²) in [5, 5.41) is 6.67. The van der Waals surface area contributed by atoms with Gasteiger partial charge in [0.05, 0.1) is 17.2 Å². The molecule has 1 aromatic carbocycles. The van der Waals surface area contributed by atoms with Gasteiger partial charge in [0, 0.05) is 58.7 Å². The van der Waals surface area contributed by atoms with Gasteiger partial charge in [0.25, 0.3) is 0 Å². The van der Waals surface area contributed by atoms with Gasteiger partial charge in [-0.2, -0.15) is 0 Å². The van der Waals surface area contributed by atoms with Crippen molar-refractivity contribution in [3.63, 3.8) is 0 Å². The lowest BCUT2D eigenvalue weighted by atomic mass is 10.1. The van der Waals surface area contributed by atoms with E-state index in [2.05, 4.69) is 66.6 Å². The molecule has 0 radical (unpaired) electrons. The minimum Gasteiger partial charge on any atom is -0.352 e. The SMILES string of the molecule is CCN1CCN(Cc2ccc(CNC(=NC)N(C)Cc3csc(C)n3)cc2)CC1. The van der Waals surface area contributed by atoms with Crippen LogP contribution in [0.4, 0.5) is 0 Å². The van der Waals surface area contributed by atoms with Crippen LogP contribution in [0.3, 0.4) is 0 Å². The van der Waals surface area contributed by atoms with Gasteiger partial charge in [0.15, 0.2) is 5.96 Å². The molecule has 158 valence electrons. The first-order chi connectivity index (χ1) is 14.1. The number of nitrogens with one attached hydrogen (secondary N) is 1. The Morgan fingerprint density at radius 1 is 1.14 bits per heavy atom. The molecule has 2 heterocycles. The van der Waals surface area contributed by atoms with E-state index < -0.39 is 0 Å². The summed E-state index contributed by atoms with van der Waals surface area (Å²) in [4.78, 5) is 16.1. The Morgan fingerprint density at radius 2 is 1.79 bits per heavy atom. The van der Waals surface area contributed by atoms with Crippen molar-refractivity contribution in [2.45, 2.75) is 33.5 Å². The molecule has 0 saturated carbocycles. The van der Waals surface area contributed by atoms with Gasteiger partial charge in [-0.15, -0.1) is 11.3 Å². The number of rotatable bonds is 7. The molecule has 29 heavy (non-hydrogen) atoms. The molecule has 6 nitrogen and oxygen atoms in total. The molecular formula is C22H34N6S. The molecule has 3 rings (SSSR count). The van der Waals surface area contributed by atoms with Crippen molar-refractivity contribution in [1.29, 1.82) is 0 Å². The van der Waals surface area contributed by atoms with Crippen molar-refractivity contribution in [2.75, 3.05) is 46.8 Å². The second kappa shape index (κ2) is 10.7. The van der Waals surface area contributed by atoms with Crippen molar-refractivity contribution in [3.05, 3.63) is 51.5 Å². The number of thiazole rings is 1. The van der Waals surface area contributed by atoms with Crippen molar-refractivity contribution in [2.24, 2.45) is 4.99 Å². The van der Waals surface area contributed by atoms with E-state index >= 15 is 0 Å². The summed E-state index contributed by atoms with van der Waals surface area (Å²) in [6.45, 7) is 12.7. The Balaban J connectivity index is 1.46. The third-order valence-electron chi connectivity index (χ3n) is 5.43. The van der Waals surface area contributed by atoms with Crippen LogP contribution in [0.25, 0.3) is 0 Å². The minimum atomic E-state index is 0.758.